The summed E-state index contributed by atoms with van der Waals surface area (Å²) in [6.07, 6.45) is 3.78. The van der Waals surface area contributed by atoms with E-state index in [0.29, 0.717) is 25.8 Å². The lowest BCUT2D eigenvalue weighted by molar-refractivity contribution is -0.127. The molecule has 4 rings (SSSR count). The quantitative estimate of drug-likeness (QED) is 0.704. The van der Waals surface area contributed by atoms with Gasteiger partial charge in [0.1, 0.15) is 11.4 Å². The molecular weight excluding hydrogens is 424 g/mol. The number of nitrogens with one attached hydrogen (secondary N) is 1. The zero-order valence-electron chi connectivity index (χ0n) is 18.8. The first kappa shape index (κ1) is 22.8. The highest BCUT2D eigenvalue weighted by Crippen LogP contribution is 2.42. The minimum Gasteiger partial charge on any atom is -0.487 e. The maximum atomic E-state index is 13.3. The molecule has 0 unspecified atom stereocenters. The van der Waals surface area contributed by atoms with Crippen LogP contribution in [0.1, 0.15) is 57.6 Å². The van der Waals surface area contributed by atoms with Gasteiger partial charge in [0.25, 0.3) is 0 Å². The third kappa shape index (κ3) is 4.41. The number of nitrogens with zero attached hydrogens (tertiary/aromatic N) is 1. The molecule has 0 bridgehead atoms. The number of ether oxygens (including phenoxy) is 1. The van der Waals surface area contributed by atoms with Crippen LogP contribution in [-0.4, -0.2) is 37.3 Å². The van der Waals surface area contributed by atoms with Gasteiger partial charge in [0.15, 0.2) is 0 Å². The Morgan fingerprint density at radius 2 is 1.78 bits per heavy atom. The Morgan fingerprint density at radius 3 is 2.50 bits per heavy atom. The first-order valence-corrected chi connectivity index (χ1v) is 13.0. The fourth-order valence-electron chi connectivity index (χ4n) is 4.84. The Hall–Kier alpha value is -2.38. The second-order valence-corrected chi connectivity index (χ2v) is 10.7. The number of fused-ring (bicyclic) bond motifs is 1. The third-order valence-electron chi connectivity index (χ3n) is 6.94. The number of amides is 1. The molecule has 172 valence electrons. The van der Waals surface area contributed by atoms with Gasteiger partial charge in [-0.15, -0.1) is 0 Å². The van der Waals surface area contributed by atoms with Crippen molar-refractivity contribution in [2.45, 2.75) is 62.5 Å². The van der Waals surface area contributed by atoms with Crippen molar-refractivity contribution in [1.29, 1.82) is 0 Å². The van der Waals surface area contributed by atoms with Gasteiger partial charge in [-0.2, -0.15) is 4.31 Å². The van der Waals surface area contributed by atoms with E-state index in [2.05, 4.69) is 19.2 Å². The first-order valence-electron chi connectivity index (χ1n) is 11.5. The molecule has 2 aliphatic heterocycles. The maximum absolute atomic E-state index is 13.3. The van der Waals surface area contributed by atoms with Gasteiger partial charge in [0.2, 0.25) is 15.9 Å². The second kappa shape index (κ2) is 9.24. The molecule has 6 nitrogen and oxygen atoms in total. The van der Waals surface area contributed by atoms with Crippen LogP contribution in [0.2, 0.25) is 0 Å². The summed E-state index contributed by atoms with van der Waals surface area (Å²) in [5, 5.41) is 3.24. The Kier molecular flexibility index (Phi) is 6.58. The molecule has 0 saturated carbocycles. The summed E-state index contributed by atoms with van der Waals surface area (Å²) in [5.41, 5.74) is 0.685. The Labute approximate surface area is 191 Å². The van der Waals surface area contributed by atoms with Crippen LogP contribution in [0.25, 0.3) is 0 Å². The molecule has 1 saturated heterocycles. The van der Waals surface area contributed by atoms with Gasteiger partial charge >= 0.3 is 0 Å². The minimum absolute atomic E-state index is 0.0826. The lowest BCUT2D eigenvalue weighted by Crippen LogP contribution is -2.49. The van der Waals surface area contributed by atoms with Gasteiger partial charge in [-0.25, -0.2) is 8.42 Å². The van der Waals surface area contributed by atoms with E-state index < -0.39 is 10.0 Å². The summed E-state index contributed by atoms with van der Waals surface area (Å²) in [5.74, 6) is 0.375. The number of hydrogen-bond donors (Lipinski definition) is 1. The fourth-order valence-corrected chi connectivity index (χ4v) is 6.38. The number of rotatable bonds is 6. The van der Waals surface area contributed by atoms with Crippen molar-refractivity contribution in [1.82, 2.24) is 9.62 Å². The lowest BCUT2D eigenvalue weighted by atomic mass is 9.83. The topological polar surface area (TPSA) is 75.7 Å². The van der Waals surface area contributed by atoms with E-state index in [0.717, 1.165) is 24.2 Å². The molecule has 0 radical (unpaired) electrons. The van der Waals surface area contributed by atoms with Gasteiger partial charge in [0.05, 0.1) is 16.9 Å². The highest BCUT2D eigenvalue weighted by Gasteiger charge is 2.40. The average Bonchev–Trinajstić information content (AvgIpc) is 2.84. The van der Waals surface area contributed by atoms with E-state index in [1.54, 1.807) is 30.3 Å². The number of benzene rings is 2. The molecule has 7 heteroatoms. The van der Waals surface area contributed by atoms with Crippen LogP contribution in [0, 0.1) is 5.92 Å². The van der Waals surface area contributed by atoms with Crippen molar-refractivity contribution in [3.05, 3.63) is 60.2 Å². The standard InChI is InChI=1S/C25H32N2O4S/c1-3-25(4-2)17-22(21-14-8-9-15-23(21)31-25)26-24(28)19-11-10-16-27(18-19)32(29,30)20-12-6-5-7-13-20/h5-9,12-15,19,22H,3-4,10-11,16-18H2,1-2H3,(H,26,28)/t19-,22-/m0/s1. The average molecular weight is 457 g/mol. The van der Waals surface area contributed by atoms with Crippen LogP contribution in [0.5, 0.6) is 5.75 Å². The summed E-state index contributed by atoms with van der Waals surface area (Å²) in [4.78, 5) is 13.6. The second-order valence-electron chi connectivity index (χ2n) is 8.81. The molecule has 2 heterocycles. The van der Waals surface area contributed by atoms with Crippen LogP contribution in [0.3, 0.4) is 0 Å². The summed E-state index contributed by atoms with van der Waals surface area (Å²) < 4.78 is 33.9. The van der Waals surface area contributed by atoms with Crippen molar-refractivity contribution in [2.75, 3.05) is 13.1 Å². The van der Waals surface area contributed by atoms with E-state index in [-0.39, 0.29) is 34.9 Å². The number of piperidine rings is 1. The number of carbonyl (C=O) groups is 1. The Morgan fingerprint density at radius 1 is 1.09 bits per heavy atom. The molecule has 2 aliphatic rings. The summed E-state index contributed by atoms with van der Waals surface area (Å²) >= 11 is 0. The molecule has 1 amide bonds. The zero-order valence-corrected chi connectivity index (χ0v) is 19.6. The van der Waals surface area contributed by atoms with E-state index in [1.807, 2.05) is 24.3 Å². The molecule has 1 fully saturated rings. The molecule has 0 aliphatic carbocycles. The highest BCUT2D eigenvalue weighted by atomic mass is 32.2. The van der Waals surface area contributed by atoms with Crippen molar-refractivity contribution >= 4 is 15.9 Å². The first-order chi connectivity index (χ1) is 15.4. The van der Waals surface area contributed by atoms with Gasteiger partial charge in [-0.05, 0) is 43.9 Å². The maximum Gasteiger partial charge on any atom is 0.243 e. The number of para-hydroxylation sites is 1. The lowest BCUT2D eigenvalue weighted by Gasteiger charge is -2.42. The normalized spacial score (nSPS) is 23.1. The van der Waals surface area contributed by atoms with E-state index in [9.17, 15) is 13.2 Å². The van der Waals surface area contributed by atoms with Crippen LogP contribution in [-0.2, 0) is 14.8 Å². The largest absolute Gasteiger partial charge is 0.487 e. The van der Waals surface area contributed by atoms with Crippen molar-refractivity contribution in [3.63, 3.8) is 0 Å². The Bertz CT molecular complexity index is 1050. The van der Waals surface area contributed by atoms with E-state index in [1.165, 1.54) is 4.31 Å². The van der Waals surface area contributed by atoms with Crippen LogP contribution in [0.4, 0.5) is 0 Å². The molecule has 0 spiro atoms. The molecule has 32 heavy (non-hydrogen) atoms. The SMILES string of the molecule is CCC1(CC)C[C@H](NC(=O)[C@H]2CCCN(S(=O)(=O)c3ccccc3)C2)c2ccccc2O1. The van der Waals surface area contributed by atoms with Crippen molar-refractivity contribution < 1.29 is 17.9 Å². The van der Waals surface area contributed by atoms with Crippen LogP contribution >= 0.6 is 0 Å². The number of carbonyl (C=O) groups excluding carboxylic acids is 1. The monoisotopic (exact) mass is 456 g/mol. The van der Waals surface area contributed by atoms with Gasteiger partial charge in [0, 0.05) is 25.1 Å². The number of sulfonamides is 1. The smallest absolute Gasteiger partial charge is 0.243 e. The summed E-state index contributed by atoms with van der Waals surface area (Å²) in [7, 11) is -3.60. The highest BCUT2D eigenvalue weighted by molar-refractivity contribution is 7.89. The summed E-state index contributed by atoms with van der Waals surface area (Å²) in [6, 6.07) is 16.2. The molecule has 1 N–H and O–H groups in total. The van der Waals surface area contributed by atoms with Crippen molar-refractivity contribution in [3.8, 4) is 5.75 Å². The predicted molar refractivity (Wildman–Crippen MR) is 124 cm³/mol. The minimum atomic E-state index is -3.60. The number of hydrogen-bond acceptors (Lipinski definition) is 4. The molecule has 0 aromatic heterocycles. The third-order valence-corrected chi connectivity index (χ3v) is 8.82. The Balaban J connectivity index is 1.51. The van der Waals surface area contributed by atoms with Crippen LogP contribution in [0.15, 0.2) is 59.5 Å². The summed E-state index contributed by atoms with van der Waals surface area (Å²) in [6.45, 7) is 4.88. The molecule has 2 aromatic rings. The van der Waals surface area contributed by atoms with E-state index >= 15 is 0 Å². The van der Waals surface area contributed by atoms with Crippen LogP contribution < -0.4 is 10.1 Å². The van der Waals surface area contributed by atoms with Gasteiger partial charge < -0.3 is 10.1 Å². The van der Waals surface area contributed by atoms with E-state index in [4.69, 9.17) is 4.74 Å². The van der Waals surface area contributed by atoms with Crippen molar-refractivity contribution in [2.24, 2.45) is 5.92 Å². The molecule has 2 aromatic carbocycles. The predicted octanol–water partition coefficient (Wildman–Crippen LogP) is 4.29. The molecule has 2 atom stereocenters. The van der Waals surface area contributed by atoms with Gasteiger partial charge in [-0.1, -0.05) is 50.2 Å². The fraction of sp³-hybridized carbons (Fsp3) is 0.480. The molecular formula is C25H32N2O4S. The van der Waals surface area contributed by atoms with Gasteiger partial charge in [-0.3, -0.25) is 4.79 Å². The zero-order chi connectivity index (χ0) is 22.8.